The molecule has 0 N–H and O–H groups in total. The molecule has 6 rings (SSSR count). The quantitative estimate of drug-likeness (QED) is 0.0856. The smallest absolute Gasteiger partial charge is 0 e. The summed E-state index contributed by atoms with van der Waals surface area (Å²) in [6, 6.07) is 54.1. The average molecular weight is 807 g/mol. The van der Waals surface area contributed by atoms with Gasteiger partial charge in [0.15, 0.2) is 0 Å². The van der Waals surface area contributed by atoms with Gasteiger partial charge in [0.1, 0.15) is 0 Å². The third-order valence-electron chi connectivity index (χ3n) is 10.2. The number of hydrogen-bond donors (Lipinski definition) is 0. The van der Waals surface area contributed by atoms with E-state index in [0.717, 1.165) is 0 Å². The Kier molecular flexibility index (Phi) is 14.7. The summed E-state index contributed by atoms with van der Waals surface area (Å²) in [6.45, 7) is 31.4. The van der Waals surface area contributed by atoms with Gasteiger partial charge in [-0.1, -0.05) is 187 Å². The summed E-state index contributed by atoms with van der Waals surface area (Å²) in [5.74, 6) is 0. The van der Waals surface area contributed by atoms with Crippen molar-refractivity contribution in [2.75, 3.05) is 0 Å². The second-order valence-electron chi connectivity index (χ2n) is 18.8. The molecular weight excluding hydrogens is 742 g/mol. The molecule has 0 aromatic heterocycles. The van der Waals surface area contributed by atoms with Gasteiger partial charge in [0.25, 0.3) is 0 Å². The Morgan fingerprint density at radius 1 is 0.455 bits per heavy atom. The first-order valence-electron chi connectivity index (χ1n) is 19.7. The van der Waals surface area contributed by atoms with Crippen LogP contribution in [0.4, 0.5) is 0 Å². The van der Waals surface area contributed by atoms with Crippen LogP contribution in [0.25, 0.3) is 0 Å². The van der Waals surface area contributed by atoms with Gasteiger partial charge in [-0.05, 0) is 86.6 Å². The number of hydrogen-bond acceptors (Lipinski definition) is 0. The molecule has 1 unspecified atom stereocenters. The van der Waals surface area contributed by atoms with Gasteiger partial charge in [-0.15, -0.1) is 10.9 Å². The summed E-state index contributed by atoms with van der Waals surface area (Å²) in [4.78, 5) is 0. The van der Waals surface area contributed by atoms with Crippen molar-refractivity contribution in [3.63, 3.8) is 0 Å². The molecule has 0 spiro atoms. The molecule has 296 valence electrons. The minimum Gasteiger partial charge on any atom is -0.748 e. The first-order valence-corrected chi connectivity index (χ1v) is 22.5. The van der Waals surface area contributed by atoms with Crippen LogP contribution in [-0.2, 0) is 38.7 Å². The van der Waals surface area contributed by atoms with Crippen LogP contribution >= 0.6 is 15.8 Å². The van der Waals surface area contributed by atoms with Crippen molar-refractivity contribution < 1.29 is 17.1 Å². The molecule has 0 radical (unpaired) electrons. The predicted octanol–water partition coefficient (Wildman–Crippen LogP) is 13.0. The SMILES string of the molecule is CC([c-]1cccc1P(c1ccccc1)c1ccccc1)P(c1cccc(C(C)(C)C)c1C(C)(C)C)c1cccc(C(C)(C)C)c1C(C)(C)C.[Fe].[cH-]1[cH-][cH-][cH-][cH-]1. The van der Waals surface area contributed by atoms with E-state index in [1.54, 1.807) is 0 Å². The molecule has 1 atom stereocenters. The van der Waals surface area contributed by atoms with Crippen molar-refractivity contribution in [3.05, 3.63) is 173 Å². The minimum atomic E-state index is -0.828. The molecule has 0 aliphatic heterocycles. The maximum Gasteiger partial charge on any atom is 0 e. The van der Waals surface area contributed by atoms with Crippen molar-refractivity contribution in [1.82, 2.24) is 0 Å². The van der Waals surface area contributed by atoms with Crippen LogP contribution in [0.15, 0.2) is 146 Å². The Hall–Kier alpha value is -3.04. The van der Waals surface area contributed by atoms with E-state index in [2.05, 4.69) is 205 Å². The van der Waals surface area contributed by atoms with Crippen molar-refractivity contribution in [2.45, 2.75) is 117 Å². The van der Waals surface area contributed by atoms with Crippen molar-refractivity contribution in [2.24, 2.45) is 0 Å². The Labute approximate surface area is 348 Å². The molecule has 0 saturated carbocycles. The van der Waals surface area contributed by atoms with Crippen molar-refractivity contribution >= 4 is 42.4 Å². The van der Waals surface area contributed by atoms with E-state index in [-0.39, 0.29) is 38.7 Å². The second-order valence-corrected chi connectivity index (χ2v) is 23.4. The van der Waals surface area contributed by atoms with Crippen LogP contribution < -0.4 is 26.5 Å². The van der Waals surface area contributed by atoms with Crippen LogP contribution in [0.5, 0.6) is 0 Å². The summed E-state index contributed by atoms with van der Waals surface area (Å²) in [6.07, 6.45) is 0. The van der Waals surface area contributed by atoms with Crippen LogP contribution in [0.3, 0.4) is 0 Å². The third kappa shape index (κ3) is 10.5. The van der Waals surface area contributed by atoms with Crippen molar-refractivity contribution in [1.29, 1.82) is 0 Å². The minimum absolute atomic E-state index is 0. The third-order valence-corrected chi connectivity index (χ3v) is 15.6. The van der Waals surface area contributed by atoms with E-state index in [9.17, 15) is 0 Å². The van der Waals surface area contributed by atoms with E-state index in [4.69, 9.17) is 0 Å². The standard InChI is InChI=1S/C47H59P2.C5H5.Fe/c1-33(36-27-20-30-39(36)49(34-23-16-14-17-24-34)35-25-18-15-19-26-35)48(40-31-21-28-37(44(2,3)4)42(40)46(8,9)10)41-32-22-29-38(45(5,6)7)43(41)47(11,12)13;1-2-4-5-3-1;/h14-33H,1-13H3;1-5H;/q-1;-5;. The molecule has 0 fully saturated rings. The monoisotopic (exact) mass is 806 g/mol. The maximum absolute atomic E-state index is 2.54. The summed E-state index contributed by atoms with van der Waals surface area (Å²) >= 11 is 0. The normalized spacial score (nSPS) is 12.9. The largest absolute Gasteiger partial charge is 0.748 e. The van der Waals surface area contributed by atoms with Gasteiger partial charge >= 0.3 is 0 Å². The predicted molar refractivity (Wildman–Crippen MR) is 245 cm³/mol. The average Bonchev–Trinajstić information content (AvgIpc) is 3.84. The molecule has 0 heterocycles. The molecule has 0 aliphatic rings. The van der Waals surface area contributed by atoms with Gasteiger partial charge in [0, 0.05) is 17.1 Å². The summed E-state index contributed by atoms with van der Waals surface area (Å²) in [5, 5.41) is 7.37. The number of benzene rings is 4. The Bertz CT molecular complexity index is 1930. The fourth-order valence-electron chi connectivity index (χ4n) is 7.88. The van der Waals surface area contributed by atoms with Gasteiger partial charge in [-0.3, -0.25) is 0 Å². The van der Waals surface area contributed by atoms with Gasteiger partial charge in [0.2, 0.25) is 0 Å². The molecule has 0 bridgehead atoms. The van der Waals surface area contributed by atoms with Gasteiger partial charge in [0.05, 0.1) is 0 Å². The van der Waals surface area contributed by atoms with Gasteiger partial charge in [-0.2, -0.15) is 6.07 Å². The fourth-order valence-corrected chi connectivity index (χ4v) is 14.0. The Balaban J connectivity index is 0.00000104. The molecule has 0 aliphatic carbocycles. The van der Waals surface area contributed by atoms with Crippen LogP contribution in [0.1, 0.15) is 123 Å². The van der Waals surface area contributed by atoms with Crippen LogP contribution in [0.2, 0.25) is 0 Å². The summed E-state index contributed by atoms with van der Waals surface area (Å²) in [7, 11) is -1.55. The van der Waals surface area contributed by atoms with Crippen LogP contribution in [-0.4, -0.2) is 0 Å². The van der Waals surface area contributed by atoms with E-state index in [1.807, 2.05) is 30.3 Å². The summed E-state index contributed by atoms with van der Waals surface area (Å²) in [5.41, 5.74) is 7.83. The molecule has 3 heteroatoms. The molecule has 0 amide bonds. The molecule has 6 aromatic carbocycles. The van der Waals surface area contributed by atoms with Gasteiger partial charge in [-0.25, -0.2) is 12.1 Å². The zero-order chi connectivity index (χ0) is 39.5. The maximum atomic E-state index is 2.54. The van der Waals surface area contributed by atoms with E-state index < -0.39 is 15.8 Å². The zero-order valence-corrected chi connectivity index (χ0v) is 38.6. The molecule has 0 nitrogen and oxygen atoms in total. The topological polar surface area (TPSA) is 0 Å². The number of rotatable bonds is 7. The molecule has 0 saturated heterocycles. The van der Waals surface area contributed by atoms with Crippen molar-refractivity contribution in [3.8, 4) is 0 Å². The Morgan fingerprint density at radius 3 is 1.18 bits per heavy atom. The van der Waals surface area contributed by atoms with Gasteiger partial charge < -0.3 is 30.3 Å². The molecular formula is C52H64FeP2-6. The first-order chi connectivity index (χ1) is 25.3. The van der Waals surface area contributed by atoms with E-state index in [0.29, 0.717) is 5.66 Å². The van der Waals surface area contributed by atoms with Crippen LogP contribution in [0, 0.1) is 0 Å². The first kappa shape index (κ1) is 44.7. The van der Waals surface area contributed by atoms with E-state index >= 15 is 0 Å². The Morgan fingerprint density at radius 2 is 0.836 bits per heavy atom. The van der Waals surface area contributed by atoms with E-state index in [1.165, 1.54) is 54.3 Å². The second kappa shape index (κ2) is 18.0. The molecule has 6 aromatic rings. The fraction of sp³-hybridized carbons (Fsp3) is 0.346. The molecule has 55 heavy (non-hydrogen) atoms. The summed E-state index contributed by atoms with van der Waals surface area (Å²) < 4.78 is 0. The zero-order valence-electron chi connectivity index (χ0n) is 35.7.